The average molecular weight is 2010 g/mol. The van der Waals surface area contributed by atoms with Crippen LogP contribution in [0.25, 0.3) is 0 Å². The van der Waals surface area contributed by atoms with Crippen LogP contribution in [0.2, 0.25) is 0 Å². The SMILES string of the molecule is CCCCCCNC(=O)Nc1ccc(C)cn1.CCCCCCOC(=O)Nc1ccc(C)cn1.Cc1ccc(NC(=O)N2CCN(Cc3ccc(F)cc3)CC2)nc1.Cc1ccc(NC(=O)N2CCN(Cc3ccccc3)CC2)nc1.Cc1ccc(NC(=O)N2CCN(c3cccc(C(F)(F)F)n3)CC2)nc1.Cc1ccc(NC(=O)N2CCN(c3cccnc3)CC2)nc1.Cc1ccc(NC(=O)OC2CCCCC2)nc1. The first-order chi connectivity index (χ1) is 70.5. The van der Waals surface area contributed by atoms with Gasteiger partial charge < -0.3 is 44.2 Å². The van der Waals surface area contributed by atoms with Gasteiger partial charge in [-0.3, -0.25) is 52.0 Å². The summed E-state index contributed by atoms with van der Waals surface area (Å²) in [4.78, 5) is 136. The van der Waals surface area contributed by atoms with Crippen LogP contribution in [-0.2, 0) is 28.7 Å². The first-order valence-corrected chi connectivity index (χ1v) is 49.9. The first-order valence-electron chi connectivity index (χ1n) is 49.9. The number of piperazine rings is 4. The largest absolute Gasteiger partial charge is 0.449 e. The van der Waals surface area contributed by atoms with Gasteiger partial charge in [0.15, 0.2) is 0 Å². The number of nitrogens with one attached hydrogen (secondary N) is 8. The van der Waals surface area contributed by atoms with Crippen LogP contribution in [0.5, 0.6) is 0 Å². The second-order valence-electron chi connectivity index (χ2n) is 36.0. The van der Waals surface area contributed by atoms with Gasteiger partial charge in [0.1, 0.15) is 64.2 Å². The van der Waals surface area contributed by atoms with Crippen LogP contribution in [0.4, 0.5) is 103 Å². The molecule has 1 aliphatic carbocycles. The molecule has 4 saturated heterocycles. The zero-order valence-corrected chi connectivity index (χ0v) is 85.1. The summed E-state index contributed by atoms with van der Waals surface area (Å²) in [5.41, 5.74) is 9.99. The number of pyridine rings is 9. The number of halogens is 4. The van der Waals surface area contributed by atoms with E-state index in [1.165, 1.54) is 62.3 Å². The maximum atomic E-state index is 12.9. The lowest BCUT2D eigenvalue weighted by molar-refractivity contribution is -0.141. The smallest absolute Gasteiger partial charge is 0.433 e. The Morgan fingerprint density at radius 3 is 1.12 bits per heavy atom. The Bertz CT molecular complexity index is 5620. The van der Waals surface area contributed by atoms with Gasteiger partial charge in [0.25, 0.3) is 0 Å². The van der Waals surface area contributed by atoms with Crippen molar-refractivity contribution >= 4 is 94.6 Å². The minimum Gasteiger partial charge on any atom is -0.449 e. The van der Waals surface area contributed by atoms with Gasteiger partial charge in [-0.25, -0.2) is 77.8 Å². The number of carbonyl (C=O) groups is 7. The number of urea groups is 5. The summed E-state index contributed by atoms with van der Waals surface area (Å²) in [6, 6.07) is 49.9. The van der Waals surface area contributed by atoms with Crippen LogP contribution in [0.15, 0.2) is 226 Å². The molecule has 0 bridgehead atoms. The molecule has 16 rings (SSSR count). The van der Waals surface area contributed by atoms with Crippen molar-refractivity contribution in [1.29, 1.82) is 0 Å². The number of ether oxygens (including phenoxy) is 2. The van der Waals surface area contributed by atoms with E-state index in [1.807, 2.05) is 137 Å². The molecule has 8 N–H and O–H groups in total. The molecular weight excluding hydrogens is 1870 g/mol. The third-order valence-corrected chi connectivity index (χ3v) is 23.8. The van der Waals surface area contributed by atoms with Crippen LogP contribution < -0.4 is 52.3 Å². The molecule has 2 aromatic carbocycles. The number of amides is 12. The fourth-order valence-electron chi connectivity index (χ4n) is 15.3. The number of benzene rings is 2. The van der Waals surface area contributed by atoms with E-state index in [0.29, 0.717) is 99.7 Å². The molecule has 0 spiro atoms. The number of rotatable bonds is 24. The Balaban J connectivity index is 0.000000176. The topological polar surface area (TPSA) is 376 Å². The van der Waals surface area contributed by atoms with Crippen molar-refractivity contribution in [3.8, 4) is 0 Å². The minimum atomic E-state index is -4.47. The van der Waals surface area contributed by atoms with E-state index in [2.05, 4.69) is 140 Å². The summed E-state index contributed by atoms with van der Waals surface area (Å²) in [5, 5.41) is 22.0. The van der Waals surface area contributed by atoms with Crippen molar-refractivity contribution in [2.45, 2.75) is 171 Å². The van der Waals surface area contributed by atoms with Crippen LogP contribution in [0.3, 0.4) is 0 Å². The van der Waals surface area contributed by atoms with Crippen molar-refractivity contribution in [2.75, 3.05) is 165 Å². The van der Waals surface area contributed by atoms with Crippen molar-refractivity contribution in [1.82, 2.24) is 79.6 Å². The number of anilines is 9. The number of unbranched alkanes of at least 4 members (excludes halogenated alkanes) is 6. The Morgan fingerprint density at radius 1 is 0.363 bits per heavy atom. The summed E-state index contributed by atoms with van der Waals surface area (Å²) >= 11 is 0. The van der Waals surface area contributed by atoms with Crippen molar-refractivity contribution in [3.05, 3.63) is 287 Å². The zero-order valence-electron chi connectivity index (χ0n) is 85.1. The molecule has 778 valence electrons. The van der Waals surface area contributed by atoms with Gasteiger partial charge in [0, 0.05) is 174 Å². The lowest BCUT2D eigenvalue weighted by atomic mass is 9.98. The van der Waals surface area contributed by atoms with Crippen LogP contribution in [0.1, 0.15) is 153 Å². The summed E-state index contributed by atoms with van der Waals surface area (Å²) in [6.07, 6.45) is 25.0. The monoisotopic (exact) mass is 2010 g/mol. The highest BCUT2D eigenvalue weighted by Crippen LogP contribution is 2.30. The third kappa shape index (κ3) is 42.5. The summed E-state index contributed by atoms with van der Waals surface area (Å²) < 4.78 is 61.7. The number of aromatic nitrogens is 9. The van der Waals surface area contributed by atoms with Gasteiger partial charge in [0.2, 0.25) is 0 Å². The van der Waals surface area contributed by atoms with Crippen molar-refractivity contribution in [2.24, 2.45) is 0 Å². The fourth-order valence-corrected chi connectivity index (χ4v) is 15.3. The highest BCUT2D eigenvalue weighted by molar-refractivity contribution is 5.91. The molecule has 34 nitrogen and oxygen atoms in total. The van der Waals surface area contributed by atoms with Gasteiger partial charge in [-0.05, 0) is 216 Å². The van der Waals surface area contributed by atoms with E-state index in [9.17, 15) is 51.1 Å². The quantitative estimate of drug-likeness (QED) is 0.0206. The van der Waals surface area contributed by atoms with Crippen molar-refractivity contribution < 1.29 is 60.6 Å². The Morgan fingerprint density at radius 2 is 0.740 bits per heavy atom. The van der Waals surface area contributed by atoms with Gasteiger partial charge in [-0.2, -0.15) is 13.2 Å². The molecule has 11 aromatic rings. The zero-order chi connectivity index (χ0) is 104. The number of carbonyl (C=O) groups excluding carboxylic acids is 7. The van der Waals surface area contributed by atoms with Gasteiger partial charge in [-0.15, -0.1) is 0 Å². The maximum Gasteiger partial charge on any atom is 0.433 e. The highest BCUT2D eigenvalue weighted by Gasteiger charge is 2.34. The Kier molecular flexibility index (Phi) is 47.3. The molecule has 5 aliphatic rings. The van der Waals surface area contributed by atoms with E-state index in [-0.39, 0.29) is 47.9 Å². The number of hydrogen-bond donors (Lipinski definition) is 8. The van der Waals surface area contributed by atoms with Gasteiger partial charge in [-0.1, -0.05) is 150 Å². The number of hydrogen-bond acceptors (Lipinski definition) is 22. The predicted molar refractivity (Wildman–Crippen MR) is 564 cm³/mol. The van der Waals surface area contributed by atoms with E-state index >= 15 is 0 Å². The second-order valence-corrected chi connectivity index (χ2v) is 36.0. The first kappa shape index (κ1) is 113. The number of aryl methyl sites for hydroxylation is 7. The molecule has 0 radical (unpaired) electrons. The van der Waals surface area contributed by atoms with Gasteiger partial charge >= 0.3 is 48.5 Å². The van der Waals surface area contributed by atoms with E-state index < -0.39 is 24.1 Å². The molecule has 9 aromatic heterocycles. The van der Waals surface area contributed by atoms with Gasteiger partial charge in [0.05, 0.1) is 18.5 Å². The minimum absolute atomic E-state index is 0.0688. The second kappa shape index (κ2) is 61.1. The average Bonchev–Trinajstić information content (AvgIpc) is 0.819. The summed E-state index contributed by atoms with van der Waals surface area (Å²) in [7, 11) is 0. The van der Waals surface area contributed by atoms with E-state index in [4.69, 9.17) is 9.47 Å². The molecule has 0 unspecified atom stereocenters. The molecule has 4 aliphatic heterocycles. The van der Waals surface area contributed by atoms with Crippen molar-refractivity contribution in [3.63, 3.8) is 0 Å². The molecular formula is C108H139F4N25O9. The molecule has 13 heterocycles. The normalized spacial score (nSPS) is 14.1. The van der Waals surface area contributed by atoms with E-state index in [0.717, 1.165) is 173 Å². The lowest BCUT2D eigenvalue weighted by Crippen LogP contribution is -2.50. The van der Waals surface area contributed by atoms with Crippen LogP contribution >= 0.6 is 0 Å². The molecule has 1 saturated carbocycles. The predicted octanol–water partition coefficient (Wildman–Crippen LogP) is 20.8. The Labute approximate surface area is 853 Å². The third-order valence-electron chi connectivity index (χ3n) is 23.8. The molecule has 0 atom stereocenters. The maximum absolute atomic E-state index is 12.9. The Hall–Kier alpha value is -15.1. The lowest BCUT2D eigenvalue weighted by Gasteiger charge is -2.35. The molecule has 5 fully saturated rings. The van der Waals surface area contributed by atoms with Crippen LogP contribution in [0, 0.1) is 54.3 Å². The molecule has 38 heteroatoms. The molecule has 12 amide bonds. The van der Waals surface area contributed by atoms with E-state index in [1.54, 1.807) is 113 Å². The summed E-state index contributed by atoms with van der Waals surface area (Å²) in [5.74, 6) is 3.91. The standard InChI is InChI=1S/C18H21FN4O.C18H22N4O.C17H18F3N5O.C16H19N5O.C13H21N3O.C13H18N2O2.C13H20N2O2/c1-14-2-7-17(20-12-14)21-18(24)23-10-8-22(9-11-23)13-15-3-5-16(19)6-4-15;1-15-7-8-17(19-13-15)20-18(23)22-11-9-21(10-12-22)14-16-5-3-2-4-6-16;1-12-5-6-14(21-11-12)23-16(26)25-9-7-24(8-10-25)15-4-2-3-13(22-15)17(18,19)20;1-13-4-5-15(18-11-13)19-16(22)21-9-7-20(8-10-21)14-3-2-6-17-12-14;1-3-4-5-6-9-14-13(17)16-12-8-7-11(2)10-15-12;1-10-7-8-12(14-9-10)15-13(16)17-11-5-3-2-4-6-11;1-3-4-5-6-9-17-13(16)15-12-8-7-11(2)10-14-12/h2-7,12H,8-11,13H2,1H3,(H,20,21,24);2-8,13H,9-12,14H2,1H3,(H,19,20,23);2-6,11H,7-10H2,1H3,(H,21,23,26);2-6,11-12H,7-10H2,1H3,(H,18,19,22);7-8,10H,3-6,9H2,1-2H3,(H2,14,15,16,17);7-9,11H,2-6H2,1H3,(H,14,15,16);7-8,10H,3-6,9H2,1-2H3,(H,14,15,16). The number of nitrogens with zero attached hydrogens (tertiary/aromatic N) is 17. The highest BCUT2D eigenvalue weighted by atomic mass is 19.4. The molecule has 146 heavy (non-hydrogen) atoms. The van der Waals surface area contributed by atoms with Crippen LogP contribution in [-0.4, -0.2) is 241 Å². The number of alkyl halides is 3. The fraction of sp³-hybridized carbons (Fsp3) is 0.407. The summed E-state index contributed by atoms with van der Waals surface area (Å²) in [6.45, 7) is 31.7.